The highest BCUT2D eigenvalue weighted by molar-refractivity contribution is 5.94. The Labute approximate surface area is 117 Å². The molecule has 102 valence electrons. The maximum atomic E-state index is 12.2. The number of amides is 1. The van der Waals surface area contributed by atoms with Gasteiger partial charge >= 0.3 is 0 Å². The van der Waals surface area contributed by atoms with Crippen molar-refractivity contribution in [3.05, 3.63) is 59.5 Å². The normalized spacial score (nSPS) is 9.70. The second-order valence-electron chi connectivity index (χ2n) is 4.33. The highest BCUT2D eigenvalue weighted by atomic mass is 16.3. The van der Waals surface area contributed by atoms with E-state index in [1.165, 1.54) is 0 Å². The summed E-state index contributed by atoms with van der Waals surface area (Å²) in [7, 11) is 1.74. The van der Waals surface area contributed by atoms with Gasteiger partial charge in [-0.05, 0) is 30.3 Å². The molecule has 0 aliphatic carbocycles. The number of hydrogen-bond donors (Lipinski definition) is 1. The Kier molecular flexibility index (Phi) is 4.59. The Morgan fingerprint density at radius 2 is 2.05 bits per heavy atom. The topological polar surface area (TPSA) is 53.7 Å². The summed E-state index contributed by atoms with van der Waals surface area (Å²) in [6.07, 6.45) is 3.21. The van der Waals surface area contributed by atoms with Gasteiger partial charge in [-0.1, -0.05) is 11.8 Å². The fourth-order valence-corrected chi connectivity index (χ4v) is 1.79. The first-order chi connectivity index (χ1) is 9.70. The summed E-state index contributed by atoms with van der Waals surface area (Å²) < 4.78 is 4.98. The van der Waals surface area contributed by atoms with Gasteiger partial charge in [0.25, 0.3) is 5.91 Å². The highest BCUT2D eigenvalue weighted by Crippen LogP contribution is 2.10. The number of furan rings is 1. The molecular formula is C16H15NO3. The van der Waals surface area contributed by atoms with Crippen LogP contribution in [0.1, 0.15) is 21.5 Å². The van der Waals surface area contributed by atoms with Gasteiger partial charge in [0.2, 0.25) is 0 Å². The molecule has 1 aromatic heterocycles. The molecule has 0 radical (unpaired) electrons. The van der Waals surface area contributed by atoms with Gasteiger partial charge in [-0.25, -0.2) is 0 Å². The lowest BCUT2D eigenvalue weighted by molar-refractivity contribution is 0.0785. The molecule has 0 atom stereocenters. The Morgan fingerprint density at radius 3 is 2.65 bits per heavy atom. The van der Waals surface area contributed by atoms with Gasteiger partial charge < -0.3 is 14.4 Å². The Balaban J connectivity index is 2.05. The fraction of sp³-hybridized carbons (Fsp3) is 0.188. The van der Waals surface area contributed by atoms with Crippen molar-refractivity contribution in [2.24, 2.45) is 0 Å². The lowest BCUT2D eigenvalue weighted by Crippen LogP contribution is -2.25. The maximum absolute atomic E-state index is 12.2. The van der Waals surface area contributed by atoms with E-state index in [0.29, 0.717) is 12.1 Å². The van der Waals surface area contributed by atoms with Crippen molar-refractivity contribution in [1.82, 2.24) is 4.90 Å². The minimum atomic E-state index is -0.172. The molecule has 0 spiro atoms. The fourth-order valence-electron chi connectivity index (χ4n) is 1.79. The standard InChI is InChI=1S/C16H15NO3/c1-17(11-14-8-10-20-12-14)16(19)15-6-4-13(5-7-15)3-2-9-18/h4-8,10,12,18H,9,11H2,1H3. The van der Waals surface area contributed by atoms with Crippen LogP contribution in [0.4, 0.5) is 0 Å². The maximum Gasteiger partial charge on any atom is 0.253 e. The van der Waals surface area contributed by atoms with Crippen LogP contribution in [0.2, 0.25) is 0 Å². The van der Waals surface area contributed by atoms with E-state index < -0.39 is 0 Å². The molecule has 4 nitrogen and oxygen atoms in total. The lowest BCUT2D eigenvalue weighted by atomic mass is 10.1. The van der Waals surface area contributed by atoms with Crippen molar-refractivity contribution in [2.75, 3.05) is 13.7 Å². The third-order valence-electron chi connectivity index (χ3n) is 2.79. The molecule has 4 heteroatoms. The third-order valence-corrected chi connectivity index (χ3v) is 2.79. The average Bonchev–Trinajstić information content (AvgIpc) is 2.97. The van der Waals surface area contributed by atoms with Crippen LogP contribution < -0.4 is 0 Å². The first-order valence-corrected chi connectivity index (χ1v) is 6.17. The number of aliphatic hydroxyl groups is 1. The van der Waals surface area contributed by atoms with Crippen LogP contribution in [-0.2, 0) is 6.54 Å². The van der Waals surface area contributed by atoms with E-state index in [0.717, 1.165) is 11.1 Å². The number of benzene rings is 1. The molecule has 0 fully saturated rings. The molecule has 2 aromatic rings. The molecule has 2 rings (SSSR count). The second-order valence-corrected chi connectivity index (χ2v) is 4.33. The SMILES string of the molecule is CN(Cc1ccoc1)C(=O)c1ccc(C#CCO)cc1. The Hall–Kier alpha value is -2.51. The third kappa shape index (κ3) is 3.50. The zero-order valence-corrected chi connectivity index (χ0v) is 11.2. The zero-order chi connectivity index (χ0) is 14.4. The molecule has 0 bridgehead atoms. The van der Waals surface area contributed by atoms with E-state index in [4.69, 9.17) is 9.52 Å². The van der Waals surface area contributed by atoms with Crippen LogP contribution in [0.3, 0.4) is 0 Å². The molecule has 0 aliphatic heterocycles. The molecule has 20 heavy (non-hydrogen) atoms. The monoisotopic (exact) mass is 269 g/mol. The predicted molar refractivity (Wildman–Crippen MR) is 74.9 cm³/mol. The van der Waals surface area contributed by atoms with E-state index >= 15 is 0 Å². The molecule has 1 amide bonds. The van der Waals surface area contributed by atoms with Gasteiger partial charge in [0.15, 0.2) is 0 Å². The van der Waals surface area contributed by atoms with Gasteiger partial charge in [0.05, 0.1) is 12.5 Å². The van der Waals surface area contributed by atoms with Gasteiger partial charge in [-0.2, -0.15) is 0 Å². The van der Waals surface area contributed by atoms with Gasteiger partial charge in [0.1, 0.15) is 6.61 Å². The van der Waals surface area contributed by atoms with Gasteiger partial charge in [-0.3, -0.25) is 4.79 Å². The molecule has 0 aliphatic rings. The van der Waals surface area contributed by atoms with E-state index in [1.54, 1.807) is 48.7 Å². The highest BCUT2D eigenvalue weighted by Gasteiger charge is 2.12. The number of hydrogen-bond acceptors (Lipinski definition) is 3. The van der Waals surface area contributed by atoms with Crippen molar-refractivity contribution in [3.8, 4) is 11.8 Å². The quantitative estimate of drug-likeness (QED) is 0.866. The first-order valence-electron chi connectivity index (χ1n) is 6.17. The van der Waals surface area contributed by atoms with Crippen LogP contribution in [0.5, 0.6) is 0 Å². The second kappa shape index (κ2) is 6.60. The molecule has 0 saturated carbocycles. The number of carbonyl (C=O) groups excluding carboxylic acids is 1. The lowest BCUT2D eigenvalue weighted by Gasteiger charge is -2.16. The Morgan fingerprint density at radius 1 is 1.30 bits per heavy atom. The molecular weight excluding hydrogens is 254 g/mol. The van der Waals surface area contributed by atoms with E-state index in [1.807, 2.05) is 6.07 Å². The Bertz CT molecular complexity index is 618. The van der Waals surface area contributed by atoms with Crippen LogP contribution in [0.15, 0.2) is 47.3 Å². The van der Waals surface area contributed by atoms with Crippen molar-refractivity contribution in [3.63, 3.8) is 0 Å². The van der Waals surface area contributed by atoms with E-state index in [-0.39, 0.29) is 12.5 Å². The zero-order valence-electron chi connectivity index (χ0n) is 11.2. The predicted octanol–water partition coefficient (Wildman–Crippen LogP) is 1.90. The summed E-state index contributed by atoms with van der Waals surface area (Å²) in [5, 5.41) is 8.62. The van der Waals surface area contributed by atoms with E-state index in [2.05, 4.69) is 11.8 Å². The molecule has 0 unspecified atom stereocenters. The molecule has 1 aromatic carbocycles. The van der Waals surface area contributed by atoms with Crippen molar-refractivity contribution < 1.29 is 14.3 Å². The van der Waals surface area contributed by atoms with Crippen LogP contribution in [0.25, 0.3) is 0 Å². The number of carbonyl (C=O) groups is 1. The average molecular weight is 269 g/mol. The van der Waals surface area contributed by atoms with Crippen LogP contribution in [0, 0.1) is 11.8 Å². The number of rotatable bonds is 3. The van der Waals surface area contributed by atoms with Crippen molar-refractivity contribution >= 4 is 5.91 Å². The number of nitrogens with zero attached hydrogens (tertiary/aromatic N) is 1. The summed E-state index contributed by atoms with van der Waals surface area (Å²) in [5.74, 6) is 5.29. The van der Waals surface area contributed by atoms with Crippen molar-refractivity contribution in [1.29, 1.82) is 0 Å². The summed E-state index contributed by atoms with van der Waals surface area (Å²) in [4.78, 5) is 13.8. The smallest absolute Gasteiger partial charge is 0.253 e. The molecule has 0 saturated heterocycles. The summed E-state index contributed by atoms with van der Waals surface area (Å²) in [5.41, 5.74) is 2.32. The van der Waals surface area contributed by atoms with E-state index in [9.17, 15) is 4.79 Å². The molecule has 1 heterocycles. The first kappa shape index (κ1) is 13.9. The van der Waals surface area contributed by atoms with Crippen molar-refractivity contribution in [2.45, 2.75) is 6.54 Å². The minimum Gasteiger partial charge on any atom is -0.472 e. The van der Waals surface area contributed by atoms with Gasteiger partial charge in [-0.15, -0.1) is 0 Å². The summed E-state index contributed by atoms with van der Waals surface area (Å²) in [6, 6.07) is 8.83. The minimum absolute atomic E-state index is 0.0622. The number of aliphatic hydroxyl groups excluding tert-OH is 1. The van der Waals surface area contributed by atoms with Crippen LogP contribution >= 0.6 is 0 Å². The summed E-state index contributed by atoms with van der Waals surface area (Å²) >= 11 is 0. The largest absolute Gasteiger partial charge is 0.472 e. The van der Waals surface area contributed by atoms with Gasteiger partial charge in [0, 0.05) is 30.3 Å². The molecule has 1 N–H and O–H groups in total. The van der Waals surface area contributed by atoms with Crippen LogP contribution in [-0.4, -0.2) is 29.6 Å². The summed E-state index contributed by atoms with van der Waals surface area (Å²) in [6.45, 7) is 0.329.